The predicted molar refractivity (Wildman–Crippen MR) is 67.4 cm³/mol. The maximum absolute atomic E-state index is 11.1. The number of nitro groups is 1. The van der Waals surface area contributed by atoms with Crippen LogP contribution >= 0.6 is 0 Å². The summed E-state index contributed by atoms with van der Waals surface area (Å²) in [6, 6.07) is 6.37. The molecule has 1 aromatic rings. The second-order valence-corrected chi connectivity index (χ2v) is 4.57. The molecule has 0 aliphatic carbocycles. The Labute approximate surface area is 105 Å². The van der Waals surface area contributed by atoms with Gasteiger partial charge in [-0.1, -0.05) is 6.07 Å². The van der Waals surface area contributed by atoms with E-state index in [1.54, 1.807) is 37.9 Å². The number of nitrogens with zero attached hydrogens (tertiary/aromatic N) is 3. The molecule has 6 nitrogen and oxygen atoms in total. The van der Waals surface area contributed by atoms with Gasteiger partial charge in [-0.2, -0.15) is 5.26 Å². The maximum Gasteiger partial charge on any atom is 0.310 e. The first-order valence-corrected chi connectivity index (χ1v) is 5.37. The summed E-state index contributed by atoms with van der Waals surface area (Å²) in [6.07, 6.45) is 0. The summed E-state index contributed by atoms with van der Waals surface area (Å²) in [5.74, 6) is 0. The van der Waals surface area contributed by atoms with Gasteiger partial charge >= 0.3 is 5.69 Å². The summed E-state index contributed by atoms with van der Waals surface area (Å²) < 4.78 is 0. The molecule has 0 saturated carbocycles. The first-order chi connectivity index (χ1) is 8.35. The molecule has 1 N–H and O–H groups in total. The summed E-state index contributed by atoms with van der Waals surface area (Å²) in [5, 5.41) is 29.3. The molecule has 1 aromatic carbocycles. The third-order valence-corrected chi connectivity index (χ3v) is 2.97. The van der Waals surface area contributed by atoms with Crippen LogP contribution in [0.15, 0.2) is 18.2 Å². The highest BCUT2D eigenvalue weighted by molar-refractivity contribution is 5.70. The number of aliphatic hydroxyl groups excluding tert-OH is 1. The van der Waals surface area contributed by atoms with E-state index in [0.29, 0.717) is 5.69 Å². The van der Waals surface area contributed by atoms with Crippen LogP contribution in [0.4, 0.5) is 11.4 Å². The van der Waals surface area contributed by atoms with E-state index in [4.69, 9.17) is 5.26 Å². The first kappa shape index (κ1) is 13.9. The van der Waals surface area contributed by atoms with Crippen LogP contribution in [0, 0.1) is 21.4 Å². The third kappa shape index (κ3) is 2.41. The molecule has 0 aliphatic heterocycles. The molecule has 0 amide bonds. The molecular formula is C12H15N3O3. The quantitative estimate of drug-likeness (QED) is 0.647. The summed E-state index contributed by atoms with van der Waals surface area (Å²) in [5.41, 5.74) is -0.557. The Bertz CT molecular complexity index is 506. The molecule has 0 atom stereocenters. The number of aliphatic hydroxyl groups is 1. The average Bonchev–Trinajstić information content (AvgIpc) is 2.36. The predicted octanol–water partition coefficient (Wildman–Crippen LogP) is 1.67. The van der Waals surface area contributed by atoms with Crippen LogP contribution in [-0.4, -0.2) is 29.2 Å². The van der Waals surface area contributed by atoms with Crippen molar-refractivity contribution in [3.63, 3.8) is 0 Å². The van der Waals surface area contributed by atoms with Crippen molar-refractivity contribution >= 4 is 11.4 Å². The number of rotatable bonds is 4. The van der Waals surface area contributed by atoms with Gasteiger partial charge in [0.25, 0.3) is 0 Å². The summed E-state index contributed by atoms with van der Waals surface area (Å²) >= 11 is 0. The Morgan fingerprint density at radius 2 is 2.17 bits per heavy atom. The maximum atomic E-state index is 11.1. The van der Waals surface area contributed by atoms with Gasteiger partial charge in [-0.15, -0.1) is 0 Å². The van der Waals surface area contributed by atoms with E-state index in [9.17, 15) is 15.2 Å². The van der Waals surface area contributed by atoms with Gasteiger partial charge in [0.1, 0.15) is 17.3 Å². The van der Waals surface area contributed by atoms with Gasteiger partial charge in [0.15, 0.2) is 0 Å². The number of benzene rings is 1. The van der Waals surface area contributed by atoms with Gasteiger partial charge in [0.2, 0.25) is 0 Å². The highest BCUT2D eigenvalue weighted by Crippen LogP contribution is 2.34. The minimum atomic E-state index is -0.654. The highest BCUT2D eigenvalue weighted by Gasteiger charge is 2.30. The Hall–Kier alpha value is -2.13. The third-order valence-electron chi connectivity index (χ3n) is 2.97. The lowest BCUT2D eigenvalue weighted by Gasteiger charge is -2.35. The van der Waals surface area contributed by atoms with Crippen molar-refractivity contribution < 1.29 is 10.0 Å². The molecule has 0 fully saturated rings. The second-order valence-electron chi connectivity index (χ2n) is 4.57. The number of para-hydroxylation sites is 1. The fourth-order valence-electron chi connectivity index (χ4n) is 1.52. The molecule has 96 valence electrons. The Balaban J connectivity index is 3.43. The monoisotopic (exact) mass is 249 g/mol. The minimum Gasteiger partial charge on any atom is -0.394 e. The van der Waals surface area contributed by atoms with Gasteiger partial charge in [-0.25, -0.2) is 0 Å². The molecule has 0 unspecified atom stereocenters. The zero-order chi connectivity index (χ0) is 13.9. The van der Waals surface area contributed by atoms with Crippen molar-refractivity contribution in [3.8, 4) is 6.07 Å². The number of likely N-dealkylation sites (N-methyl/N-ethyl adjacent to an activating group) is 1. The second kappa shape index (κ2) is 5.02. The van der Waals surface area contributed by atoms with E-state index in [1.165, 1.54) is 6.07 Å². The molecule has 6 heteroatoms. The van der Waals surface area contributed by atoms with Crippen LogP contribution in [0.3, 0.4) is 0 Å². The number of anilines is 1. The van der Waals surface area contributed by atoms with Crippen LogP contribution in [0.1, 0.15) is 19.4 Å². The van der Waals surface area contributed by atoms with E-state index < -0.39 is 10.5 Å². The molecule has 0 heterocycles. The zero-order valence-electron chi connectivity index (χ0n) is 10.5. The molecule has 18 heavy (non-hydrogen) atoms. The van der Waals surface area contributed by atoms with E-state index >= 15 is 0 Å². The van der Waals surface area contributed by atoms with Gasteiger partial charge < -0.3 is 10.0 Å². The lowest BCUT2D eigenvalue weighted by Crippen LogP contribution is -2.44. The van der Waals surface area contributed by atoms with Gasteiger partial charge in [0, 0.05) is 7.05 Å². The lowest BCUT2D eigenvalue weighted by atomic mass is 10.0. The Kier molecular flexibility index (Phi) is 3.89. The van der Waals surface area contributed by atoms with Crippen molar-refractivity contribution in [2.45, 2.75) is 19.4 Å². The van der Waals surface area contributed by atoms with Crippen LogP contribution in [0.25, 0.3) is 0 Å². The van der Waals surface area contributed by atoms with Gasteiger partial charge in [-0.05, 0) is 26.0 Å². The van der Waals surface area contributed by atoms with Crippen LogP contribution in [0.2, 0.25) is 0 Å². The van der Waals surface area contributed by atoms with E-state index in [-0.39, 0.29) is 17.9 Å². The van der Waals surface area contributed by atoms with E-state index in [2.05, 4.69) is 0 Å². The number of nitro benzene ring substituents is 1. The van der Waals surface area contributed by atoms with Crippen molar-refractivity contribution in [1.82, 2.24) is 0 Å². The standard InChI is InChI=1S/C12H15N3O3/c1-12(2,8-16)14(3)10-6-4-5-9(7-13)11(10)15(17)18/h4-6,16H,8H2,1-3H3. The fraction of sp³-hybridized carbons (Fsp3) is 0.417. The lowest BCUT2D eigenvalue weighted by molar-refractivity contribution is -0.384. The Morgan fingerprint density at radius 3 is 2.61 bits per heavy atom. The first-order valence-electron chi connectivity index (χ1n) is 5.37. The smallest absolute Gasteiger partial charge is 0.310 e. The average molecular weight is 249 g/mol. The molecule has 0 radical (unpaired) electrons. The molecule has 0 spiro atoms. The van der Waals surface area contributed by atoms with Crippen molar-refractivity contribution in [1.29, 1.82) is 5.26 Å². The minimum absolute atomic E-state index is 0.0121. The molecule has 0 saturated heterocycles. The molecule has 0 bridgehead atoms. The number of hydrogen-bond donors (Lipinski definition) is 1. The number of nitriles is 1. The largest absolute Gasteiger partial charge is 0.394 e. The molecule has 0 aromatic heterocycles. The molecule has 1 rings (SSSR count). The summed E-state index contributed by atoms with van der Waals surface area (Å²) in [4.78, 5) is 12.1. The van der Waals surface area contributed by atoms with Crippen LogP contribution in [-0.2, 0) is 0 Å². The number of hydrogen-bond acceptors (Lipinski definition) is 5. The van der Waals surface area contributed by atoms with Crippen molar-refractivity contribution in [2.75, 3.05) is 18.6 Å². The summed E-state index contributed by atoms with van der Waals surface area (Å²) in [7, 11) is 1.65. The zero-order valence-corrected chi connectivity index (χ0v) is 10.5. The summed E-state index contributed by atoms with van der Waals surface area (Å²) in [6.45, 7) is 3.36. The van der Waals surface area contributed by atoms with Crippen molar-refractivity contribution in [2.24, 2.45) is 0 Å². The topological polar surface area (TPSA) is 90.4 Å². The molecular weight excluding hydrogens is 234 g/mol. The molecule has 0 aliphatic rings. The highest BCUT2D eigenvalue weighted by atomic mass is 16.6. The fourth-order valence-corrected chi connectivity index (χ4v) is 1.52. The Morgan fingerprint density at radius 1 is 1.56 bits per heavy atom. The van der Waals surface area contributed by atoms with Gasteiger partial charge in [-0.3, -0.25) is 10.1 Å². The van der Waals surface area contributed by atoms with Crippen LogP contribution in [0.5, 0.6) is 0 Å². The van der Waals surface area contributed by atoms with Gasteiger partial charge in [0.05, 0.1) is 17.1 Å². The van der Waals surface area contributed by atoms with E-state index in [1.807, 2.05) is 6.07 Å². The SMILES string of the molecule is CN(c1cccc(C#N)c1[N+](=O)[O-])C(C)(C)CO. The van der Waals surface area contributed by atoms with Crippen molar-refractivity contribution in [3.05, 3.63) is 33.9 Å². The van der Waals surface area contributed by atoms with E-state index in [0.717, 1.165) is 0 Å². The van der Waals surface area contributed by atoms with Crippen LogP contribution < -0.4 is 4.90 Å². The normalized spacial score (nSPS) is 10.8.